The van der Waals surface area contributed by atoms with E-state index < -0.39 is 0 Å². The molecule has 3 heterocycles. The molecule has 0 N–H and O–H groups in total. The molecule has 2 amide bonds. The topological polar surface area (TPSA) is 81.7 Å². The van der Waals surface area contributed by atoms with Crippen LogP contribution in [0.3, 0.4) is 0 Å². The Morgan fingerprint density at radius 3 is 2.43 bits per heavy atom. The number of para-hydroxylation sites is 2. The molecule has 0 spiro atoms. The molecule has 4 rings (SSSR count). The highest BCUT2D eigenvalue weighted by Gasteiger charge is 2.25. The van der Waals surface area contributed by atoms with Crippen LogP contribution in [0.25, 0.3) is 0 Å². The predicted octanol–water partition coefficient (Wildman–Crippen LogP) is 1.35. The first kappa shape index (κ1) is 26.8. The van der Waals surface area contributed by atoms with Gasteiger partial charge in [0.05, 0.1) is 6.54 Å². The van der Waals surface area contributed by atoms with Gasteiger partial charge in [0.25, 0.3) is 5.91 Å². The summed E-state index contributed by atoms with van der Waals surface area (Å²) in [6.45, 7) is 7.55. The Hall–Kier alpha value is -3.21. The van der Waals surface area contributed by atoms with E-state index in [1.165, 1.54) is 0 Å². The van der Waals surface area contributed by atoms with Crippen LogP contribution in [0.2, 0.25) is 0 Å². The van der Waals surface area contributed by atoms with Crippen LogP contribution in [0.5, 0.6) is 17.4 Å². The third-order valence-corrected chi connectivity index (χ3v) is 6.77. The van der Waals surface area contributed by atoms with Crippen molar-refractivity contribution in [1.29, 1.82) is 0 Å². The summed E-state index contributed by atoms with van der Waals surface area (Å²) in [7, 11) is 5.92. The molecule has 37 heavy (non-hydrogen) atoms. The van der Waals surface area contributed by atoms with Gasteiger partial charge in [-0.05, 0) is 38.4 Å². The number of fused-ring (bicyclic) bond motifs is 2. The maximum atomic E-state index is 13.2. The number of pyridine rings is 1. The van der Waals surface area contributed by atoms with Crippen molar-refractivity contribution in [2.75, 3.05) is 93.2 Å². The highest BCUT2D eigenvalue weighted by Crippen LogP contribution is 2.32. The van der Waals surface area contributed by atoms with E-state index in [-0.39, 0.29) is 17.7 Å². The van der Waals surface area contributed by atoms with E-state index in [1.54, 1.807) is 36.3 Å². The number of rotatable bonds is 5. The smallest absolute Gasteiger partial charge is 0.259 e. The molecule has 0 bridgehead atoms. The minimum Gasteiger partial charge on any atom is -0.488 e. The fraction of sp³-hybridized carbons (Fsp3) is 0.519. The van der Waals surface area contributed by atoms with Gasteiger partial charge >= 0.3 is 0 Å². The SMILES string of the molecule is CN(C)CCN1CCN(C(=O)CN2CCOc3ccccc3Oc3ncccc3C(=O)N(C)CC2)CC1. The number of nitrogens with zero attached hydrogens (tertiary/aromatic N) is 6. The summed E-state index contributed by atoms with van der Waals surface area (Å²) in [4.78, 5) is 41.0. The summed E-state index contributed by atoms with van der Waals surface area (Å²) in [6, 6.07) is 10.8. The van der Waals surface area contributed by atoms with Gasteiger partial charge in [-0.25, -0.2) is 4.98 Å². The minimum atomic E-state index is -0.180. The molecule has 1 aromatic carbocycles. The molecule has 1 saturated heterocycles. The molecule has 0 unspecified atom stereocenters. The number of ether oxygens (including phenoxy) is 2. The number of likely N-dealkylation sites (N-methyl/N-ethyl adjacent to an activating group) is 2. The van der Waals surface area contributed by atoms with Crippen LogP contribution in [0.1, 0.15) is 10.4 Å². The first-order valence-electron chi connectivity index (χ1n) is 12.9. The molecular weight excluding hydrogens is 472 g/mol. The van der Waals surface area contributed by atoms with Gasteiger partial charge in [-0.1, -0.05) is 12.1 Å². The zero-order valence-electron chi connectivity index (χ0n) is 22.1. The molecule has 2 aromatic rings. The van der Waals surface area contributed by atoms with E-state index in [2.05, 4.69) is 33.8 Å². The van der Waals surface area contributed by atoms with Crippen molar-refractivity contribution in [3.63, 3.8) is 0 Å². The molecular formula is C27H38N6O4. The molecule has 0 atom stereocenters. The number of hydrogen-bond acceptors (Lipinski definition) is 8. The van der Waals surface area contributed by atoms with E-state index in [0.29, 0.717) is 49.8 Å². The fourth-order valence-electron chi connectivity index (χ4n) is 4.40. The van der Waals surface area contributed by atoms with E-state index in [4.69, 9.17) is 9.47 Å². The minimum absolute atomic E-state index is 0.115. The normalized spacial score (nSPS) is 18.1. The van der Waals surface area contributed by atoms with Crippen LogP contribution in [0.15, 0.2) is 42.6 Å². The van der Waals surface area contributed by atoms with E-state index >= 15 is 0 Å². The quantitative estimate of drug-likeness (QED) is 0.596. The highest BCUT2D eigenvalue weighted by molar-refractivity contribution is 5.96. The average molecular weight is 511 g/mol. The standard InChI is InChI=1S/C27H38N6O4/c1-29(2)11-13-31-15-17-33(18-16-31)25(34)21-32-14-12-30(3)27(35)22-7-6-10-28-26(22)37-24-9-5-4-8-23(24)36-20-19-32/h4-10H,11-21H2,1-3H3. The number of piperazine rings is 1. The second-order valence-corrected chi connectivity index (χ2v) is 9.78. The lowest BCUT2D eigenvalue weighted by atomic mass is 10.2. The Balaban J connectivity index is 1.43. The summed E-state index contributed by atoms with van der Waals surface area (Å²) in [5, 5.41) is 0. The van der Waals surface area contributed by atoms with Crippen LogP contribution in [0.4, 0.5) is 0 Å². The predicted molar refractivity (Wildman–Crippen MR) is 141 cm³/mol. The first-order chi connectivity index (χ1) is 17.9. The van der Waals surface area contributed by atoms with Crippen LogP contribution in [-0.2, 0) is 4.79 Å². The second kappa shape index (κ2) is 12.8. The van der Waals surface area contributed by atoms with E-state index in [1.807, 2.05) is 23.1 Å². The molecule has 200 valence electrons. The van der Waals surface area contributed by atoms with E-state index in [9.17, 15) is 9.59 Å². The largest absolute Gasteiger partial charge is 0.488 e. The van der Waals surface area contributed by atoms with Crippen molar-refractivity contribution in [2.24, 2.45) is 0 Å². The van der Waals surface area contributed by atoms with Gasteiger partial charge in [0.2, 0.25) is 11.8 Å². The summed E-state index contributed by atoms with van der Waals surface area (Å²) in [6.07, 6.45) is 1.60. The third-order valence-electron chi connectivity index (χ3n) is 6.77. The van der Waals surface area contributed by atoms with Gasteiger partial charge in [0.1, 0.15) is 12.2 Å². The van der Waals surface area contributed by atoms with Gasteiger partial charge in [-0.15, -0.1) is 0 Å². The Morgan fingerprint density at radius 1 is 0.946 bits per heavy atom. The molecule has 0 aliphatic carbocycles. The number of carbonyl (C=O) groups excluding carboxylic acids is 2. The summed E-state index contributed by atoms with van der Waals surface area (Å²) in [5.74, 6) is 1.24. The van der Waals surface area contributed by atoms with Gasteiger partial charge in [-0.3, -0.25) is 19.4 Å². The second-order valence-electron chi connectivity index (χ2n) is 9.78. The molecule has 2 aliphatic rings. The molecule has 1 aromatic heterocycles. The van der Waals surface area contributed by atoms with Crippen molar-refractivity contribution in [1.82, 2.24) is 29.5 Å². The monoisotopic (exact) mass is 510 g/mol. The van der Waals surface area contributed by atoms with Gasteiger partial charge in [-0.2, -0.15) is 0 Å². The number of benzene rings is 1. The van der Waals surface area contributed by atoms with Crippen LogP contribution < -0.4 is 9.47 Å². The number of aromatic nitrogens is 1. The zero-order chi connectivity index (χ0) is 26.2. The van der Waals surface area contributed by atoms with Crippen molar-refractivity contribution in [2.45, 2.75) is 0 Å². The average Bonchev–Trinajstić information content (AvgIpc) is 2.91. The molecule has 1 fully saturated rings. The van der Waals surface area contributed by atoms with Crippen molar-refractivity contribution in [3.05, 3.63) is 48.2 Å². The third kappa shape index (κ3) is 7.41. The first-order valence-corrected chi connectivity index (χ1v) is 12.9. The highest BCUT2D eigenvalue weighted by atomic mass is 16.5. The summed E-state index contributed by atoms with van der Waals surface area (Å²) in [5.41, 5.74) is 0.383. The van der Waals surface area contributed by atoms with Crippen LogP contribution in [0, 0.1) is 0 Å². The number of carbonyl (C=O) groups is 2. The Labute approximate surface area is 219 Å². The van der Waals surface area contributed by atoms with Gasteiger partial charge in [0.15, 0.2) is 11.5 Å². The lowest BCUT2D eigenvalue weighted by Crippen LogP contribution is -2.52. The summed E-state index contributed by atoms with van der Waals surface area (Å²) < 4.78 is 12.1. The number of hydrogen-bond donors (Lipinski definition) is 0. The van der Waals surface area contributed by atoms with Crippen molar-refractivity contribution < 1.29 is 19.1 Å². The molecule has 10 heteroatoms. The lowest BCUT2D eigenvalue weighted by molar-refractivity contribution is -0.134. The van der Waals surface area contributed by atoms with Crippen LogP contribution >= 0.6 is 0 Å². The van der Waals surface area contributed by atoms with E-state index in [0.717, 1.165) is 39.3 Å². The Morgan fingerprint density at radius 2 is 1.68 bits per heavy atom. The number of amides is 2. The van der Waals surface area contributed by atoms with Crippen molar-refractivity contribution >= 4 is 11.8 Å². The van der Waals surface area contributed by atoms with Crippen molar-refractivity contribution in [3.8, 4) is 17.4 Å². The lowest BCUT2D eigenvalue weighted by Gasteiger charge is -2.36. The molecule has 0 radical (unpaired) electrons. The molecule has 10 nitrogen and oxygen atoms in total. The maximum absolute atomic E-state index is 13.2. The summed E-state index contributed by atoms with van der Waals surface area (Å²) >= 11 is 0. The molecule has 0 saturated carbocycles. The Bertz CT molecular complexity index is 1060. The van der Waals surface area contributed by atoms with Crippen LogP contribution in [-0.4, -0.2) is 134 Å². The maximum Gasteiger partial charge on any atom is 0.259 e. The Kier molecular flexibility index (Phi) is 9.32. The zero-order valence-corrected chi connectivity index (χ0v) is 22.1. The molecule has 2 aliphatic heterocycles. The van der Waals surface area contributed by atoms with Gasteiger partial charge in [0, 0.05) is 72.1 Å². The van der Waals surface area contributed by atoms with Gasteiger partial charge < -0.3 is 24.2 Å². The fourth-order valence-corrected chi connectivity index (χ4v) is 4.40.